The predicted molar refractivity (Wildman–Crippen MR) is 83.6 cm³/mol. The number of nitrogens with two attached hydrogens (primary N) is 1. The molecule has 1 aliphatic rings. The van der Waals surface area contributed by atoms with Gasteiger partial charge in [0.2, 0.25) is 5.75 Å². The first-order chi connectivity index (χ1) is 10.7. The van der Waals surface area contributed by atoms with Crippen LogP contribution in [0.1, 0.15) is 0 Å². The molecule has 0 aliphatic carbocycles. The van der Waals surface area contributed by atoms with Gasteiger partial charge in [0.25, 0.3) is 11.5 Å². The summed E-state index contributed by atoms with van der Waals surface area (Å²) >= 11 is 0. The summed E-state index contributed by atoms with van der Waals surface area (Å²) in [6.45, 7) is 0. The average molecular weight is 322 g/mol. The summed E-state index contributed by atoms with van der Waals surface area (Å²) in [7, 11) is 7.47. The zero-order chi connectivity index (χ0) is 17.5. The third-order valence-corrected chi connectivity index (χ3v) is 3.42. The molecule has 0 bridgehead atoms. The molecule has 2 rings (SSSR count). The number of aliphatic imine (C=N–C) groups is 1. The minimum Gasteiger partial charge on any atom is -0.443 e. The number of aromatic nitrogens is 2. The van der Waals surface area contributed by atoms with Gasteiger partial charge in [-0.05, 0) is 0 Å². The van der Waals surface area contributed by atoms with Gasteiger partial charge in [0.1, 0.15) is 5.70 Å². The molecule has 10 heteroatoms. The molecule has 0 spiro atoms. The van der Waals surface area contributed by atoms with Crippen LogP contribution < -0.4 is 26.9 Å². The molecule has 0 fully saturated rings. The summed E-state index contributed by atoms with van der Waals surface area (Å²) < 4.78 is 7.67. The zero-order valence-corrected chi connectivity index (χ0v) is 13.5. The molecule has 23 heavy (non-hydrogen) atoms. The van der Waals surface area contributed by atoms with Crippen molar-refractivity contribution in [2.75, 3.05) is 21.1 Å². The maximum absolute atomic E-state index is 12.3. The van der Waals surface area contributed by atoms with Crippen molar-refractivity contribution >= 4 is 17.4 Å². The molecule has 1 amide bonds. The van der Waals surface area contributed by atoms with Gasteiger partial charge in [0.05, 0.1) is 0 Å². The van der Waals surface area contributed by atoms with E-state index in [1.54, 1.807) is 14.1 Å². The number of amidine groups is 1. The highest BCUT2D eigenvalue weighted by atomic mass is 16.5. The van der Waals surface area contributed by atoms with Crippen LogP contribution in [0.25, 0.3) is 0 Å². The van der Waals surface area contributed by atoms with Gasteiger partial charge in [-0.15, -0.1) is 0 Å². The second-order valence-electron chi connectivity index (χ2n) is 5.09. The largest absolute Gasteiger partial charge is 0.443 e. The monoisotopic (exact) mass is 322 g/mol. The molecule has 0 unspecified atom stereocenters. The maximum Gasteiger partial charge on any atom is 0.310 e. The zero-order valence-electron chi connectivity index (χ0n) is 13.5. The molecule has 1 aliphatic heterocycles. The molecule has 0 radical (unpaired) electrons. The van der Waals surface area contributed by atoms with Crippen molar-refractivity contribution < 1.29 is 9.53 Å². The molecule has 0 saturated heterocycles. The van der Waals surface area contributed by atoms with Crippen LogP contribution in [-0.4, -0.2) is 47.1 Å². The molecule has 0 atom stereocenters. The van der Waals surface area contributed by atoms with Crippen LogP contribution in [0.4, 0.5) is 5.69 Å². The average Bonchev–Trinajstić information content (AvgIpc) is 2.52. The van der Waals surface area contributed by atoms with Crippen molar-refractivity contribution in [1.82, 2.24) is 19.6 Å². The number of likely N-dealkylation sites (N-methyl/N-ethyl adjacent to an activating group) is 2. The minimum atomic E-state index is -0.566. The van der Waals surface area contributed by atoms with Crippen molar-refractivity contribution in [1.29, 1.82) is 0 Å². The number of carbonyl (C=O) groups is 1. The molecule has 1 aromatic rings. The number of carbonyl (C=O) groups excluding carboxylic acids is 1. The van der Waals surface area contributed by atoms with E-state index in [0.29, 0.717) is 0 Å². The van der Waals surface area contributed by atoms with Crippen LogP contribution >= 0.6 is 0 Å². The van der Waals surface area contributed by atoms with Gasteiger partial charge in [-0.1, -0.05) is 0 Å². The van der Waals surface area contributed by atoms with Crippen molar-refractivity contribution in [2.45, 2.75) is 0 Å². The fraction of sp³-hybridized carbons (Fsp3) is 0.385. The van der Waals surface area contributed by atoms with Gasteiger partial charge < -0.3 is 20.7 Å². The summed E-state index contributed by atoms with van der Waals surface area (Å²) in [5.41, 5.74) is 4.56. The molecule has 1 aromatic heterocycles. The van der Waals surface area contributed by atoms with Gasteiger partial charge in [-0.3, -0.25) is 14.4 Å². The van der Waals surface area contributed by atoms with Crippen molar-refractivity contribution in [3.05, 3.63) is 32.2 Å². The Kier molecular flexibility index (Phi) is 4.00. The second kappa shape index (κ2) is 5.63. The Bertz CT molecular complexity index is 858. The van der Waals surface area contributed by atoms with Crippen LogP contribution in [-0.2, 0) is 18.9 Å². The highest BCUT2D eigenvalue weighted by Gasteiger charge is 2.29. The topological polar surface area (TPSA) is 124 Å². The Morgan fingerprint density at radius 1 is 1.22 bits per heavy atom. The second-order valence-corrected chi connectivity index (χ2v) is 5.09. The number of fused-ring (bicyclic) bond motifs is 1. The summed E-state index contributed by atoms with van der Waals surface area (Å²) in [5.74, 6) is -0.935. The molecular weight excluding hydrogens is 304 g/mol. The first kappa shape index (κ1) is 16.3. The van der Waals surface area contributed by atoms with Crippen molar-refractivity contribution in [3.8, 4) is 5.75 Å². The number of nitrogens with one attached hydrogen (secondary N) is 1. The number of hydrogen-bond acceptors (Lipinski definition) is 7. The molecule has 0 aromatic carbocycles. The lowest BCUT2D eigenvalue weighted by Crippen LogP contribution is -2.40. The Hall–Kier alpha value is -3.04. The summed E-state index contributed by atoms with van der Waals surface area (Å²) in [4.78, 5) is 41.9. The normalized spacial score (nSPS) is 15.3. The quantitative estimate of drug-likeness (QED) is 0.606. The molecule has 2 heterocycles. The minimum absolute atomic E-state index is 0.0321. The summed E-state index contributed by atoms with van der Waals surface area (Å²) in [6.07, 6.45) is 0. The highest BCUT2D eigenvalue weighted by Crippen LogP contribution is 2.26. The standard InChI is InChI=1S/C13H18N6O4/c1-15-6(11(20)17(2)3)8-10(14)16-7-9(23-8)13(22)19(5)18(4)12(7)21/h15H,1-5H3,(H2,14,16)/b8-6+. The lowest BCUT2D eigenvalue weighted by atomic mass is 10.2. The van der Waals surface area contributed by atoms with E-state index in [4.69, 9.17) is 10.5 Å². The number of amides is 1. The van der Waals surface area contributed by atoms with Crippen LogP contribution in [0.5, 0.6) is 5.75 Å². The van der Waals surface area contributed by atoms with Crippen LogP contribution in [0.2, 0.25) is 0 Å². The van der Waals surface area contributed by atoms with Gasteiger partial charge in [0.15, 0.2) is 17.3 Å². The third kappa shape index (κ3) is 2.47. The van der Waals surface area contributed by atoms with Gasteiger partial charge in [-0.25, -0.2) is 14.4 Å². The first-order valence-electron chi connectivity index (χ1n) is 6.67. The fourth-order valence-corrected chi connectivity index (χ4v) is 2.01. The van der Waals surface area contributed by atoms with Crippen LogP contribution in [0.3, 0.4) is 0 Å². The van der Waals surface area contributed by atoms with Crippen LogP contribution in [0.15, 0.2) is 26.0 Å². The van der Waals surface area contributed by atoms with Gasteiger partial charge in [0, 0.05) is 35.2 Å². The molecular formula is C13H18N6O4. The predicted octanol–water partition coefficient (Wildman–Crippen LogP) is -2.02. The lowest BCUT2D eigenvalue weighted by Gasteiger charge is -2.21. The van der Waals surface area contributed by atoms with E-state index in [-0.39, 0.29) is 28.7 Å². The van der Waals surface area contributed by atoms with E-state index in [1.165, 1.54) is 26.0 Å². The number of ether oxygens (including phenoxy) is 1. The molecule has 0 saturated carbocycles. The number of nitrogens with zero attached hydrogens (tertiary/aromatic N) is 4. The third-order valence-electron chi connectivity index (χ3n) is 3.42. The van der Waals surface area contributed by atoms with Gasteiger partial charge >= 0.3 is 5.56 Å². The fourth-order valence-electron chi connectivity index (χ4n) is 2.01. The first-order valence-corrected chi connectivity index (χ1v) is 6.67. The lowest BCUT2D eigenvalue weighted by molar-refractivity contribution is -0.125. The van der Waals surface area contributed by atoms with E-state index in [1.807, 2.05) is 0 Å². The van der Waals surface area contributed by atoms with E-state index in [9.17, 15) is 14.4 Å². The Morgan fingerprint density at radius 2 is 1.78 bits per heavy atom. The smallest absolute Gasteiger partial charge is 0.310 e. The van der Waals surface area contributed by atoms with Crippen molar-refractivity contribution in [2.24, 2.45) is 24.8 Å². The van der Waals surface area contributed by atoms with E-state index >= 15 is 0 Å². The van der Waals surface area contributed by atoms with Crippen molar-refractivity contribution in [3.63, 3.8) is 0 Å². The summed E-state index contributed by atoms with van der Waals surface area (Å²) in [5, 5.41) is 2.68. The SMILES string of the molecule is CN/C(C(=O)N(C)C)=C1/Oc2c(c(=O)n(C)n(C)c2=O)N=C1N. The maximum atomic E-state index is 12.3. The Labute approximate surface area is 131 Å². The van der Waals surface area contributed by atoms with E-state index < -0.39 is 17.0 Å². The number of rotatable bonds is 2. The van der Waals surface area contributed by atoms with Crippen LogP contribution in [0, 0.1) is 0 Å². The Balaban J connectivity index is 2.76. The molecule has 10 nitrogen and oxygen atoms in total. The van der Waals surface area contributed by atoms with Gasteiger partial charge in [-0.2, -0.15) is 0 Å². The number of hydrogen-bond donors (Lipinski definition) is 2. The van der Waals surface area contributed by atoms with E-state index in [0.717, 1.165) is 9.36 Å². The van der Waals surface area contributed by atoms with E-state index in [2.05, 4.69) is 10.3 Å². The Morgan fingerprint density at radius 3 is 2.30 bits per heavy atom. The molecule has 124 valence electrons. The highest BCUT2D eigenvalue weighted by molar-refractivity contribution is 6.06. The summed E-state index contributed by atoms with van der Waals surface area (Å²) in [6, 6.07) is 0. The molecule has 3 N–H and O–H groups in total.